The predicted octanol–water partition coefficient (Wildman–Crippen LogP) is 4.52. The summed E-state index contributed by atoms with van der Waals surface area (Å²) in [5, 5.41) is 17.5. The topological polar surface area (TPSA) is 169 Å². The van der Waals surface area contributed by atoms with Gasteiger partial charge in [-0.25, -0.2) is 0 Å². The lowest BCUT2D eigenvalue weighted by Crippen LogP contribution is -2.35. The van der Waals surface area contributed by atoms with Crippen LogP contribution in [0.1, 0.15) is 63.4 Å². The van der Waals surface area contributed by atoms with E-state index in [-0.39, 0.29) is 49.3 Å². The van der Waals surface area contributed by atoms with Gasteiger partial charge in [-0.05, 0) is 61.6 Å². The third-order valence-corrected chi connectivity index (χ3v) is 9.12. The van der Waals surface area contributed by atoms with E-state index >= 15 is 0 Å². The van der Waals surface area contributed by atoms with Gasteiger partial charge in [0.1, 0.15) is 11.4 Å². The van der Waals surface area contributed by atoms with Gasteiger partial charge < -0.3 is 44.6 Å². The lowest BCUT2D eigenvalue weighted by Gasteiger charge is -2.20. The normalized spacial score (nSPS) is 14.7. The van der Waals surface area contributed by atoms with Crippen molar-refractivity contribution in [1.29, 1.82) is 0 Å². The van der Waals surface area contributed by atoms with E-state index in [0.717, 1.165) is 24.0 Å². The number of carbonyl (C=O) groups is 4. The Morgan fingerprint density at radius 2 is 1.67 bits per heavy atom. The molecule has 4 aromatic rings. The number of fused-ring (bicyclic) bond motifs is 2. The van der Waals surface area contributed by atoms with Crippen LogP contribution in [0.3, 0.4) is 0 Å². The van der Waals surface area contributed by atoms with E-state index in [9.17, 15) is 19.2 Å². The number of aliphatic imine (C=N–C) groups is 1. The van der Waals surface area contributed by atoms with Gasteiger partial charge in [0, 0.05) is 76.1 Å². The van der Waals surface area contributed by atoms with E-state index in [2.05, 4.69) is 20.9 Å². The number of hydrogen-bond acceptors (Lipinski definition) is 8. The number of carbonyl (C=O) groups excluding carboxylic acids is 4. The van der Waals surface area contributed by atoms with Crippen LogP contribution < -0.4 is 25.4 Å². The third-order valence-electron chi connectivity index (χ3n) is 9.12. The first kappa shape index (κ1) is 35.9. The number of amides is 4. The minimum Gasteiger partial charge on any atom is -0.493 e. The number of anilines is 2. The van der Waals surface area contributed by atoms with Crippen LogP contribution in [0.25, 0.3) is 11.1 Å². The first-order valence-electron chi connectivity index (χ1n) is 17.3. The molecule has 1 fully saturated rings. The van der Waals surface area contributed by atoms with Crippen molar-refractivity contribution in [2.45, 2.75) is 38.1 Å². The summed E-state index contributed by atoms with van der Waals surface area (Å²) in [6, 6.07) is 14.1. The Morgan fingerprint density at radius 1 is 0.904 bits per heavy atom. The number of methoxy groups -OCH3 is 1. The number of rotatable bonds is 14. The van der Waals surface area contributed by atoms with Crippen molar-refractivity contribution >= 4 is 46.9 Å². The summed E-state index contributed by atoms with van der Waals surface area (Å²) < 4.78 is 14.8. The Labute approximate surface area is 301 Å². The van der Waals surface area contributed by atoms with Gasteiger partial charge in [-0.2, -0.15) is 0 Å². The molecule has 0 radical (unpaired) electrons. The molecular formula is C38H43N7O7. The third kappa shape index (κ3) is 8.02. The fraction of sp³-hybridized carbons (Fsp3) is 0.342. The van der Waals surface area contributed by atoms with Gasteiger partial charge in [0.25, 0.3) is 17.7 Å². The largest absolute Gasteiger partial charge is 0.493 e. The molecule has 2 aromatic heterocycles. The average Bonchev–Trinajstić information content (AvgIpc) is 3.85. The number of aliphatic hydroxyl groups is 1. The Kier molecular flexibility index (Phi) is 11.0. The molecular weight excluding hydrogens is 666 g/mol. The van der Waals surface area contributed by atoms with Gasteiger partial charge in [0.2, 0.25) is 5.91 Å². The number of aromatic nitrogens is 2. The lowest BCUT2D eigenvalue weighted by molar-refractivity contribution is -0.116. The summed E-state index contributed by atoms with van der Waals surface area (Å²) in [5.74, 6) is 0.0296. The van der Waals surface area contributed by atoms with Crippen molar-refractivity contribution in [1.82, 2.24) is 19.4 Å². The molecule has 0 spiro atoms. The summed E-state index contributed by atoms with van der Waals surface area (Å²) in [4.78, 5) is 57.9. The highest BCUT2D eigenvalue weighted by Gasteiger charge is 2.32. The number of ether oxygens (including phenoxy) is 2. The molecule has 272 valence electrons. The van der Waals surface area contributed by atoms with E-state index < -0.39 is 0 Å². The summed E-state index contributed by atoms with van der Waals surface area (Å²) >= 11 is 0. The molecule has 4 amide bonds. The highest BCUT2D eigenvalue weighted by atomic mass is 16.5. The van der Waals surface area contributed by atoms with E-state index in [1.54, 1.807) is 65.8 Å². The van der Waals surface area contributed by atoms with Crippen LogP contribution >= 0.6 is 0 Å². The van der Waals surface area contributed by atoms with Gasteiger partial charge in [0.15, 0.2) is 11.5 Å². The molecule has 0 saturated carbocycles. The minimum absolute atomic E-state index is 0.00394. The Bertz CT molecular complexity index is 2000. The average molecular weight is 710 g/mol. The molecule has 14 nitrogen and oxygen atoms in total. The molecule has 1 atom stereocenters. The van der Waals surface area contributed by atoms with Crippen molar-refractivity contribution in [3.05, 3.63) is 77.9 Å². The zero-order chi connectivity index (χ0) is 36.8. The van der Waals surface area contributed by atoms with E-state index in [0.29, 0.717) is 71.4 Å². The maximum Gasteiger partial charge on any atom is 0.272 e. The van der Waals surface area contributed by atoms with Crippen molar-refractivity contribution in [2.24, 2.45) is 19.1 Å². The quantitative estimate of drug-likeness (QED) is 0.140. The number of benzene rings is 2. The number of aryl methyl sites for hydroxylation is 2. The van der Waals surface area contributed by atoms with Crippen LogP contribution in [0.2, 0.25) is 0 Å². The zero-order valence-electron chi connectivity index (χ0n) is 29.5. The fourth-order valence-corrected chi connectivity index (χ4v) is 6.38. The summed E-state index contributed by atoms with van der Waals surface area (Å²) in [6.07, 6.45) is 8.29. The van der Waals surface area contributed by atoms with Crippen LogP contribution in [-0.2, 0) is 18.9 Å². The van der Waals surface area contributed by atoms with E-state index in [4.69, 9.17) is 14.6 Å². The van der Waals surface area contributed by atoms with Crippen LogP contribution in [0.5, 0.6) is 11.5 Å². The summed E-state index contributed by atoms with van der Waals surface area (Å²) in [7, 11) is 5.04. The smallest absolute Gasteiger partial charge is 0.272 e. The SMILES string of the molecule is COc1cc2c(cc1OCCCC(=O)Nc1cc(C(=O)Nc3ccc(-c4cc(C(=O)NCCCO)n(C)c4)cc3)n(C)c1)N=C[C@@H]1CCCN1C2=O. The van der Waals surface area contributed by atoms with Crippen LogP contribution in [-0.4, -0.2) is 88.4 Å². The van der Waals surface area contributed by atoms with E-state index in [1.165, 1.54) is 7.11 Å². The van der Waals surface area contributed by atoms with Crippen LogP contribution in [0.15, 0.2) is 65.9 Å². The highest BCUT2D eigenvalue weighted by Crippen LogP contribution is 2.38. The lowest BCUT2D eigenvalue weighted by atomic mass is 10.1. The first-order chi connectivity index (χ1) is 25.1. The molecule has 0 bridgehead atoms. The van der Waals surface area contributed by atoms with Gasteiger partial charge in [-0.3, -0.25) is 24.2 Å². The monoisotopic (exact) mass is 709 g/mol. The van der Waals surface area contributed by atoms with Gasteiger partial charge in [0.05, 0.1) is 36.7 Å². The van der Waals surface area contributed by atoms with Crippen LogP contribution in [0.4, 0.5) is 17.1 Å². The molecule has 0 unspecified atom stereocenters. The first-order valence-corrected chi connectivity index (χ1v) is 17.3. The van der Waals surface area contributed by atoms with Crippen molar-refractivity contribution in [3.8, 4) is 22.6 Å². The van der Waals surface area contributed by atoms with Crippen LogP contribution in [0, 0.1) is 0 Å². The second-order valence-electron chi connectivity index (χ2n) is 12.8. The van der Waals surface area contributed by atoms with Crippen molar-refractivity contribution in [3.63, 3.8) is 0 Å². The second kappa shape index (κ2) is 16.0. The molecule has 2 aromatic carbocycles. The minimum atomic E-state index is -0.341. The van der Waals surface area contributed by atoms with Crippen molar-refractivity contribution in [2.75, 3.05) is 44.0 Å². The van der Waals surface area contributed by atoms with Gasteiger partial charge >= 0.3 is 0 Å². The Morgan fingerprint density at radius 3 is 2.44 bits per heavy atom. The van der Waals surface area contributed by atoms with Gasteiger partial charge in [-0.1, -0.05) is 12.1 Å². The highest BCUT2D eigenvalue weighted by molar-refractivity contribution is 6.05. The predicted molar refractivity (Wildman–Crippen MR) is 197 cm³/mol. The molecule has 6 rings (SSSR count). The maximum absolute atomic E-state index is 13.1. The Hall–Kier alpha value is -5.89. The van der Waals surface area contributed by atoms with E-state index in [1.807, 2.05) is 29.4 Å². The molecule has 52 heavy (non-hydrogen) atoms. The number of nitrogens with one attached hydrogen (secondary N) is 3. The molecule has 2 aliphatic heterocycles. The molecule has 4 heterocycles. The Balaban J connectivity index is 0.989. The zero-order valence-corrected chi connectivity index (χ0v) is 29.5. The number of aliphatic hydroxyl groups excluding tert-OH is 1. The molecule has 14 heteroatoms. The molecule has 2 aliphatic rings. The standard InChI is InChI=1S/C38H43N7O7/c1-43-22-25(17-31(43)36(48)39-13-6-15-46)24-9-11-26(12-10-24)42-37(49)32-18-27(23-44(32)2)41-35(47)8-5-16-52-34-20-30-29(19-33(34)51-3)38(50)45-14-4-7-28(45)21-40-30/h9-12,17-23,28,46H,4-8,13-16H2,1-3H3,(H,39,48)(H,41,47)(H,42,49)/t28-/m0/s1. The summed E-state index contributed by atoms with van der Waals surface area (Å²) in [5.41, 5.74) is 4.68. The second-order valence-corrected chi connectivity index (χ2v) is 12.8. The molecule has 4 N–H and O–H groups in total. The maximum atomic E-state index is 13.1. The number of nitrogens with zero attached hydrogens (tertiary/aromatic N) is 4. The van der Waals surface area contributed by atoms with Gasteiger partial charge in [-0.15, -0.1) is 0 Å². The molecule has 0 aliphatic carbocycles. The van der Waals surface area contributed by atoms with Crippen molar-refractivity contribution < 1.29 is 33.8 Å². The fourth-order valence-electron chi connectivity index (χ4n) is 6.38. The molecule has 1 saturated heterocycles. The summed E-state index contributed by atoms with van der Waals surface area (Å²) in [6.45, 7) is 1.35. The number of hydrogen-bond donors (Lipinski definition) is 4.